The van der Waals surface area contributed by atoms with E-state index in [9.17, 15) is 0 Å². The Morgan fingerprint density at radius 1 is 1.11 bits per heavy atom. The first-order valence-electron chi connectivity index (χ1n) is 7.16. The fraction of sp³-hybridized carbons (Fsp3) is 0.750. The van der Waals surface area contributed by atoms with Crippen LogP contribution in [0.15, 0.2) is 23.3 Å². The lowest BCUT2D eigenvalue weighted by molar-refractivity contribution is 0.318. The monoisotopic (exact) mass is 284 g/mol. The maximum atomic E-state index is 8.79. The molecule has 1 N–H and O–H groups in total. The molecule has 0 bridgehead atoms. The SMILES string of the molecule is CC(=CCC/C(C)=C/CO)CO[Si](C)(C)C(C)(C)C. The minimum atomic E-state index is -1.63. The zero-order valence-electron chi connectivity index (χ0n) is 13.8. The smallest absolute Gasteiger partial charge is 0.192 e. The van der Waals surface area contributed by atoms with Crippen molar-refractivity contribution in [3.8, 4) is 0 Å². The van der Waals surface area contributed by atoms with Gasteiger partial charge in [-0.2, -0.15) is 0 Å². The van der Waals surface area contributed by atoms with Crippen molar-refractivity contribution in [2.24, 2.45) is 0 Å². The van der Waals surface area contributed by atoms with Crippen molar-refractivity contribution in [2.75, 3.05) is 13.2 Å². The van der Waals surface area contributed by atoms with Gasteiger partial charge in [-0.15, -0.1) is 0 Å². The highest BCUT2D eigenvalue weighted by Crippen LogP contribution is 2.36. The molecule has 0 aliphatic heterocycles. The van der Waals surface area contributed by atoms with E-state index < -0.39 is 8.32 Å². The molecule has 0 fully saturated rings. The number of allylic oxidation sites excluding steroid dienone is 2. The van der Waals surface area contributed by atoms with Gasteiger partial charge < -0.3 is 9.53 Å². The molecule has 0 unspecified atom stereocenters. The molecule has 0 radical (unpaired) electrons. The van der Waals surface area contributed by atoms with E-state index >= 15 is 0 Å². The van der Waals surface area contributed by atoms with Crippen LogP contribution in [0.3, 0.4) is 0 Å². The number of aliphatic hydroxyl groups excluding tert-OH is 1. The number of hydrogen-bond acceptors (Lipinski definition) is 2. The third-order valence-corrected chi connectivity index (χ3v) is 8.42. The van der Waals surface area contributed by atoms with E-state index in [1.165, 1.54) is 11.1 Å². The van der Waals surface area contributed by atoms with Crippen LogP contribution in [0.1, 0.15) is 47.5 Å². The van der Waals surface area contributed by atoms with Crippen LogP contribution < -0.4 is 0 Å². The molecule has 0 aromatic carbocycles. The van der Waals surface area contributed by atoms with Crippen molar-refractivity contribution in [1.29, 1.82) is 0 Å². The molecule has 0 rings (SSSR count). The molecular formula is C16H32O2Si. The van der Waals surface area contributed by atoms with Gasteiger partial charge in [0.2, 0.25) is 0 Å². The largest absolute Gasteiger partial charge is 0.413 e. The van der Waals surface area contributed by atoms with E-state index in [0.29, 0.717) is 0 Å². The Labute approximate surface area is 120 Å². The highest BCUT2D eigenvalue weighted by atomic mass is 28.4. The Morgan fingerprint density at radius 2 is 1.68 bits per heavy atom. The number of rotatable bonds is 7. The third-order valence-electron chi connectivity index (χ3n) is 3.94. The summed E-state index contributed by atoms with van der Waals surface area (Å²) in [6.45, 7) is 16.5. The number of aliphatic hydroxyl groups is 1. The Balaban J connectivity index is 4.18. The van der Waals surface area contributed by atoms with Crippen molar-refractivity contribution in [3.63, 3.8) is 0 Å². The lowest BCUT2D eigenvalue weighted by Crippen LogP contribution is -2.41. The van der Waals surface area contributed by atoms with Gasteiger partial charge in [0, 0.05) is 0 Å². The summed E-state index contributed by atoms with van der Waals surface area (Å²) in [6.07, 6.45) is 6.16. The summed E-state index contributed by atoms with van der Waals surface area (Å²) in [5.41, 5.74) is 2.55. The van der Waals surface area contributed by atoms with E-state index in [4.69, 9.17) is 9.53 Å². The van der Waals surface area contributed by atoms with E-state index in [2.05, 4.69) is 53.8 Å². The second-order valence-corrected chi connectivity index (χ2v) is 11.7. The van der Waals surface area contributed by atoms with Gasteiger partial charge in [-0.05, 0) is 44.8 Å². The minimum Gasteiger partial charge on any atom is -0.413 e. The van der Waals surface area contributed by atoms with E-state index in [1.54, 1.807) is 0 Å². The van der Waals surface area contributed by atoms with Crippen LogP contribution in [0, 0.1) is 0 Å². The summed E-state index contributed by atoms with van der Waals surface area (Å²) < 4.78 is 6.18. The van der Waals surface area contributed by atoms with Crippen LogP contribution in [-0.4, -0.2) is 26.6 Å². The molecule has 0 aromatic rings. The van der Waals surface area contributed by atoms with Crippen LogP contribution >= 0.6 is 0 Å². The van der Waals surface area contributed by atoms with Crippen LogP contribution in [0.5, 0.6) is 0 Å². The van der Waals surface area contributed by atoms with E-state index in [1.807, 2.05) is 6.08 Å². The topological polar surface area (TPSA) is 29.5 Å². The zero-order chi connectivity index (χ0) is 15.1. The average Bonchev–Trinajstić information content (AvgIpc) is 2.25. The summed E-state index contributed by atoms with van der Waals surface area (Å²) in [4.78, 5) is 0. The van der Waals surface area contributed by atoms with Crippen LogP contribution in [0.25, 0.3) is 0 Å². The maximum Gasteiger partial charge on any atom is 0.192 e. The van der Waals surface area contributed by atoms with Gasteiger partial charge in [0.1, 0.15) is 0 Å². The third kappa shape index (κ3) is 7.70. The Bertz CT molecular complexity index is 322. The van der Waals surface area contributed by atoms with Crippen molar-refractivity contribution in [1.82, 2.24) is 0 Å². The molecule has 2 nitrogen and oxygen atoms in total. The predicted molar refractivity (Wildman–Crippen MR) is 87.0 cm³/mol. The lowest BCUT2D eigenvalue weighted by Gasteiger charge is -2.36. The van der Waals surface area contributed by atoms with Crippen molar-refractivity contribution in [3.05, 3.63) is 23.3 Å². The molecule has 3 heteroatoms. The highest BCUT2D eigenvalue weighted by Gasteiger charge is 2.36. The first-order chi connectivity index (χ1) is 8.60. The Morgan fingerprint density at radius 3 is 2.16 bits per heavy atom. The highest BCUT2D eigenvalue weighted by molar-refractivity contribution is 6.74. The molecule has 0 aromatic heterocycles. The molecule has 0 aliphatic rings. The summed E-state index contributed by atoms with van der Waals surface area (Å²) in [5, 5.41) is 9.06. The second-order valence-electron chi connectivity index (χ2n) is 6.87. The standard InChI is InChI=1S/C16H32O2Si/c1-14(11-12-17)9-8-10-15(2)13-18-19(6,7)16(3,4)5/h10-11,17H,8-9,12-13H2,1-7H3/b14-11+,15-10?. The zero-order valence-corrected chi connectivity index (χ0v) is 14.8. The summed E-state index contributed by atoms with van der Waals surface area (Å²) in [5.74, 6) is 0. The van der Waals surface area contributed by atoms with Gasteiger partial charge in [-0.1, -0.05) is 44.1 Å². The molecule has 0 saturated heterocycles. The van der Waals surface area contributed by atoms with Gasteiger partial charge in [0.25, 0.3) is 0 Å². The molecule has 0 heterocycles. The minimum absolute atomic E-state index is 0.142. The normalized spacial score (nSPS) is 14.9. The van der Waals surface area contributed by atoms with Crippen LogP contribution in [0.4, 0.5) is 0 Å². The van der Waals surface area contributed by atoms with E-state index in [-0.39, 0.29) is 11.6 Å². The molecule has 0 saturated carbocycles. The summed E-state index contributed by atoms with van der Waals surface area (Å²) >= 11 is 0. The molecular weight excluding hydrogens is 252 g/mol. The second kappa shape index (κ2) is 8.03. The molecule has 0 atom stereocenters. The van der Waals surface area contributed by atoms with Crippen LogP contribution in [-0.2, 0) is 4.43 Å². The average molecular weight is 285 g/mol. The quantitative estimate of drug-likeness (QED) is 0.543. The van der Waals surface area contributed by atoms with Gasteiger partial charge in [0.15, 0.2) is 8.32 Å². The Hall–Kier alpha value is -0.383. The first-order valence-corrected chi connectivity index (χ1v) is 10.1. The Kier molecular flexibility index (Phi) is 7.87. The molecule has 0 spiro atoms. The first kappa shape index (κ1) is 18.6. The number of hydrogen-bond donors (Lipinski definition) is 1. The molecule has 19 heavy (non-hydrogen) atoms. The van der Waals surface area contributed by atoms with Crippen molar-refractivity contribution >= 4 is 8.32 Å². The van der Waals surface area contributed by atoms with Crippen molar-refractivity contribution < 1.29 is 9.53 Å². The van der Waals surface area contributed by atoms with Crippen LogP contribution in [0.2, 0.25) is 18.1 Å². The summed E-state index contributed by atoms with van der Waals surface area (Å²) in [7, 11) is -1.63. The van der Waals surface area contributed by atoms with Gasteiger partial charge in [0.05, 0.1) is 13.2 Å². The van der Waals surface area contributed by atoms with Gasteiger partial charge in [-0.3, -0.25) is 0 Å². The molecule has 0 aliphatic carbocycles. The lowest BCUT2D eigenvalue weighted by atomic mass is 10.1. The maximum absolute atomic E-state index is 8.79. The molecule has 112 valence electrons. The summed E-state index contributed by atoms with van der Waals surface area (Å²) in [6, 6.07) is 0. The van der Waals surface area contributed by atoms with Crippen molar-refractivity contribution in [2.45, 2.75) is 65.6 Å². The van der Waals surface area contributed by atoms with Gasteiger partial charge in [-0.25, -0.2) is 0 Å². The molecule has 0 amide bonds. The van der Waals surface area contributed by atoms with E-state index in [0.717, 1.165) is 19.4 Å². The van der Waals surface area contributed by atoms with Gasteiger partial charge >= 0.3 is 0 Å². The fourth-order valence-electron chi connectivity index (χ4n) is 1.37. The fourth-order valence-corrected chi connectivity index (χ4v) is 2.40. The predicted octanol–water partition coefficient (Wildman–Crippen LogP) is 4.67.